The van der Waals surface area contributed by atoms with Crippen molar-refractivity contribution in [2.75, 3.05) is 7.05 Å². The molecule has 0 aliphatic carbocycles. The third-order valence-electron chi connectivity index (χ3n) is 4.00. The Hall–Kier alpha value is -2.17. The molecule has 0 spiro atoms. The van der Waals surface area contributed by atoms with Gasteiger partial charge in [0, 0.05) is 19.0 Å². The smallest absolute Gasteiger partial charge is 0.254 e. The second-order valence-electron chi connectivity index (χ2n) is 5.33. The van der Waals surface area contributed by atoms with Crippen LogP contribution in [0.5, 0.6) is 0 Å². The number of aryl methyl sites for hydroxylation is 1. The van der Waals surface area contributed by atoms with Crippen LogP contribution in [0.15, 0.2) is 24.3 Å². The molecule has 0 bridgehead atoms. The van der Waals surface area contributed by atoms with Crippen LogP contribution in [0.2, 0.25) is 0 Å². The summed E-state index contributed by atoms with van der Waals surface area (Å²) in [6.07, 6.45) is 0.583. The summed E-state index contributed by atoms with van der Waals surface area (Å²) in [5.74, 6) is -0.919. The van der Waals surface area contributed by atoms with E-state index < -0.39 is 11.4 Å². The van der Waals surface area contributed by atoms with Crippen molar-refractivity contribution in [3.63, 3.8) is 0 Å². The molecule has 5 heteroatoms. The summed E-state index contributed by atoms with van der Waals surface area (Å²) in [6.45, 7) is 3.54. The Bertz CT molecular complexity index is 582. The SMILES string of the molecule is Cc1ccccc1C(=O)N(C)C1(C)CCC(=O)NC1=O. The first-order chi connectivity index (χ1) is 9.36. The fourth-order valence-corrected chi connectivity index (χ4v) is 2.33. The molecule has 0 aromatic heterocycles. The van der Waals surface area contributed by atoms with Crippen molar-refractivity contribution in [1.29, 1.82) is 0 Å². The molecular formula is C15H18N2O3. The van der Waals surface area contributed by atoms with E-state index in [4.69, 9.17) is 0 Å². The lowest BCUT2D eigenvalue weighted by atomic mass is 9.88. The van der Waals surface area contributed by atoms with E-state index in [1.807, 2.05) is 19.1 Å². The van der Waals surface area contributed by atoms with Gasteiger partial charge in [-0.1, -0.05) is 18.2 Å². The van der Waals surface area contributed by atoms with Gasteiger partial charge >= 0.3 is 0 Å². The number of amides is 3. The number of imide groups is 1. The molecule has 2 rings (SSSR count). The Morgan fingerprint density at radius 2 is 1.95 bits per heavy atom. The van der Waals surface area contributed by atoms with E-state index in [0.29, 0.717) is 12.0 Å². The highest BCUT2D eigenvalue weighted by molar-refractivity contribution is 6.06. The topological polar surface area (TPSA) is 66.5 Å². The summed E-state index contributed by atoms with van der Waals surface area (Å²) in [6, 6.07) is 7.25. The molecule has 3 amide bonds. The molecule has 1 heterocycles. The van der Waals surface area contributed by atoms with Crippen LogP contribution in [-0.4, -0.2) is 35.2 Å². The maximum Gasteiger partial charge on any atom is 0.254 e. The summed E-state index contributed by atoms with van der Waals surface area (Å²) in [4.78, 5) is 37.3. The first-order valence-electron chi connectivity index (χ1n) is 6.54. The second-order valence-corrected chi connectivity index (χ2v) is 5.33. The minimum atomic E-state index is -0.993. The van der Waals surface area contributed by atoms with Crippen LogP contribution in [0.4, 0.5) is 0 Å². The van der Waals surface area contributed by atoms with Gasteiger partial charge in [0.1, 0.15) is 5.54 Å². The lowest BCUT2D eigenvalue weighted by Crippen LogP contribution is -2.61. The van der Waals surface area contributed by atoms with Crippen molar-refractivity contribution in [2.45, 2.75) is 32.2 Å². The van der Waals surface area contributed by atoms with Gasteiger partial charge in [-0.15, -0.1) is 0 Å². The number of nitrogens with one attached hydrogen (secondary N) is 1. The van der Waals surface area contributed by atoms with Gasteiger partial charge in [0.05, 0.1) is 0 Å². The maximum atomic E-state index is 12.6. The van der Waals surface area contributed by atoms with Crippen molar-refractivity contribution < 1.29 is 14.4 Å². The van der Waals surface area contributed by atoms with Gasteiger partial charge in [0.25, 0.3) is 11.8 Å². The van der Waals surface area contributed by atoms with E-state index in [-0.39, 0.29) is 18.2 Å². The molecule has 1 aromatic rings. The number of hydrogen-bond donors (Lipinski definition) is 1. The maximum absolute atomic E-state index is 12.6. The molecule has 1 aliphatic heterocycles. The van der Waals surface area contributed by atoms with E-state index in [1.54, 1.807) is 26.1 Å². The fraction of sp³-hybridized carbons (Fsp3) is 0.400. The van der Waals surface area contributed by atoms with E-state index in [1.165, 1.54) is 4.90 Å². The van der Waals surface area contributed by atoms with E-state index in [0.717, 1.165) is 5.56 Å². The molecule has 1 unspecified atom stereocenters. The highest BCUT2D eigenvalue weighted by Crippen LogP contribution is 2.26. The van der Waals surface area contributed by atoms with Crippen molar-refractivity contribution in [1.82, 2.24) is 10.2 Å². The van der Waals surface area contributed by atoms with Gasteiger partial charge in [0.2, 0.25) is 5.91 Å². The average Bonchev–Trinajstić information content (AvgIpc) is 2.42. The molecule has 0 radical (unpaired) electrons. The molecule has 1 aromatic carbocycles. The third-order valence-corrected chi connectivity index (χ3v) is 4.00. The number of nitrogens with zero attached hydrogens (tertiary/aromatic N) is 1. The van der Waals surface area contributed by atoms with Crippen LogP contribution >= 0.6 is 0 Å². The lowest BCUT2D eigenvalue weighted by molar-refractivity contribution is -0.141. The van der Waals surface area contributed by atoms with E-state index in [9.17, 15) is 14.4 Å². The number of benzene rings is 1. The Morgan fingerprint density at radius 3 is 2.55 bits per heavy atom. The van der Waals surface area contributed by atoms with Crippen molar-refractivity contribution in [3.8, 4) is 0 Å². The predicted octanol–water partition coefficient (Wildman–Crippen LogP) is 1.26. The summed E-state index contributed by atoms with van der Waals surface area (Å²) in [5, 5.41) is 2.30. The zero-order valence-corrected chi connectivity index (χ0v) is 11.9. The third kappa shape index (κ3) is 2.31. The molecular weight excluding hydrogens is 256 g/mol. The first kappa shape index (κ1) is 14.2. The van der Waals surface area contributed by atoms with Crippen LogP contribution < -0.4 is 5.32 Å². The molecule has 1 saturated heterocycles. The number of carbonyl (C=O) groups is 3. The molecule has 1 N–H and O–H groups in total. The van der Waals surface area contributed by atoms with Gasteiger partial charge in [-0.3, -0.25) is 19.7 Å². The zero-order chi connectivity index (χ0) is 14.9. The lowest BCUT2D eigenvalue weighted by Gasteiger charge is -2.39. The first-order valence-corrected chi connectivity index (χ1v) is 6.54. The second kappa shape index (κ2) is 5.07. The van der Waals surface area contributed by atoms with Crippen LogP contribution in [0.3, 0.4) is 0 Å². The monoisotopic (exact) mass is 274 g/mol. The Labute approximate surface area is 118 Å². The number of hydrogen-bond acceptors (Lipinski definition) is 3. The van der Waals surface area contributed by atoms with Gasteiger partial charge in [-0.25, -0.2) is 0 Å². The highest BCUT2D eigenvalue weighted by Gasteiger charge is 2.44. The quantitative estimate of drug-likeness (QED) is 0.826. The Kier molecular flexibility index (Phi) is 3.61. The highest BCUT2D eigenvalue weighted by atomic mass is 16.2. The van der Waals surface area contributed by atoms with Gasteiger partial charge in [0.15, 0.2) is 0 Å². The minimum absolute atomic E-state index is 0.213. The van der Waals surface area contributed by atoms with Crippen LogP contribution in [-0.2, 0) is 9.59 Å². The standard InChI is InChI=1S/C15H18N2O3/c1-10-6-4-5-7-11(10)13(19)17(3)15(2)9-8-12(18)16-14(15)20/h4-7H,8-9H2,1-3H3,(H,16,18,20). The Balaban J connectivity index is 2.29. The molecule has 1 fully saturated rings. The van der Waals surface area contributed by atoms with Crippen molar-refractivity contribution in [2.24, 2.45) is 0 Å². The molecule has 20 heavy (non-hydrogen) atoms. The molecule has 5 nitrogen and oxygen atoms in total. The summed E-state index contributed by atoms with van der Waals surface area (Å²) in [7, 11) is 1.60. The van der Waals surface area contributed by atoms with E-state index >= 15 is 0 Å². The molecule has 1 atom stereocenters. The van der Waals surface area contributed by atoms with Crippen LogP contribution in [0.1, 0.15) is 35.7 Å². The zero-order valence-electron chi connectivity index (χ0n) is 11.9. The van der Waals surface area contributed by atoms with E-state index in [2.05, 4.69) is 5.32 Å². The minimum Gasteiger partial charge on any atom is -0.327 e. The average molecular weight is 274 g/mol. The molecule has 0 saturated carbocycles. The van der Waals surface area contributed by atoms with Crippen LogP contribution in [0, 0.1) is 6.92 Å². The normalized spacial score (nSPS) is 22.4. The predicted molar refractivity (Wildman–Crippen MR) is 74.1 cm³/mol. The number of likely N-dealkylation sites (N-methyl/N-ethyl adjacent to an activating group) is 1. The fourth-order valence-electron chi connectivity index (χ4n) is 2.33. The van der Waals surface area contributed by atoms with Gasteiger partial charge in [-0.05, 0) is 31.9 Å². The van der Waals surface area contributed by atoms with Gasteiger partial charge < -0.3 is 4.90 Å². The summed E-state index contributed by atoms with van der Waals surface area (Å²) in [5.41, 5.74) is 0.439. The largest absolute Gasteiger partial charge is 0.327 e. The van der Waals surface area contributed by atoms with Crippen molar-refractivity contribution in [3.05, 3.63) is 35.4 Å². The number of carbonyl (C=O) groups excluding carboxylic acids is 3. The number of piperidine rings is 1. The van der Waals surface area contributed by atoms with Crippen LogP contribution in [0.25, 0.3) is 0 Å². The van der Waals surface area contributed by atoms with Gasteiger partial charge in [-0.2, -0.15) is 0 Å². The molecule has 106 valence electrons. The summed E-state index contributed by atoms with van der Waals surface area (Å²) >= 11 is 0. The summed E-state index contributed by atoms with van der Waals surface area (Å²) < 4.78 is 0. The number of rotatable bonds is 2. The Morgan fingerprint density at radius 1 is 1.30 bits per heavy atom. The molecule has 1 aliphatic rings. The van der Waals surface area contributed by atoms with Crippen molar-refractivity contribution >= 4 is 17.7 Å².